The Bertz CT molecular complexity index is 3600. The Labute approximate surface area is 475 Å². The van der Waals surface area contributed by atoms with Crippen LogP contribution in [0.25, 0.3) is 66.8 Å². The van der Waals surface area contributed by atoms with Gasteiger partial charge in [-0.25, -0.2) is 0 Å². The molecule has 13 rings (SSSR count). The molecule has 0 amide bonds. The van der Waals surface area contributed by atoms with Crippen LogP contribution in [0.4, 0.5) is 51.2 Å². The maximum absolute atomic E-state index is 2.34. The Morgan fingerprint density at radius 2 is 0.284 bits per heavy atom. The van der Waals surface area contributed by atoms with Crippen LogP contribution < -0.4 is 14.7 Å². The van der Waals surface area contributed by atoms with Crippen LogP contribution in [-0.2, 0) is 0 Å². The van der Waals surface area contributed by atoms with Crippen LogP contribution >= 0.6 is 0 Å². The smallest absolute Gasteiger partial charge is 0.0467 e. The van der Waals surface area contributed by atoms with E-state index < -0.39 is 0 Å². The summed E-state index contributed by atoms with van der Waals surface area (Å²) in [7, 11) is 0. The van der Waals surface area contributed by atoms with Crippen molar-refractivity contribution in [2.24, 2.45) is 0 Å². The first-order chi connectivity index (χ1) is 40.1. The molecule has 13 aromatic rings. The fourth-order valence-corrected chi connectivity index (χ4v) is 11.0. The van der Waals surface area contributed by atoms with Gasteiger partial charge in [0, 0.05) is 51.2 Å². The van der Waals surface area contributed by atoms with E-state index in [2.05, 4.69) is 360 Å². The molecule has 384 valence electrons. The molecule has 0 heterocycles. The summed E-state index contributed by atoms with van der Waals surface area (Å²) in [5.74, 6) is 0. The molecule has 13 aromatic carbocycles. The van der Waals surface area contributed by atoms with E-state index in [4.69, 9.17) is 0 Å². The third-order valence-electron chi connectivity index (χ3n) is 15.0. The summed E-state index contributed by atoms with van der Waals surface area (Å²) in [5.41, 5.74) is 23.8. The lowest BCUT2D eigenvalue weighted by atomic mass is 9.91. The molecule has 0 aliphatic rings. The standard InChI is InChI=1S/C78H57N3/c1-7-25-70(26-8-1)79(71-27-9-2-10-28-71)76-37-19-22-64(55-76)58-40-46-61(47-41-58)67-52-68(62-48-42-59(43-49-62)65-23-20-38-77(56-65)80(72-29-11-3-12-30-72)73-31-13-4-14-32-73)54-69(53-67)63-50-44-60(45-51-63)66-24-21-39-78(57-66)81(74-33-15-5-16-34-74)75-35-17-6-18-36-75/h1-57H. The van der Waals surface area contributed by atoms with Crippen molar-refractivity contribution in [2.45, 2.75) is 0 Å². The van der Waals surface area contributed by atoms with Gasteiger partial charge in [0.1, 0.15) is 0 Å². The van der Waals surface area contributed by atoms with Gasteiger partial charge in [0.2, 0.25) is 0 Å². The lowest BCUT2D eigenvalue weighted by molar-refractivity contribution is 1.28. The first-order valence-corrected chi connectivity index (χ1v) is 27.6. The summed E-state index contributed by atoms with van der Waals surface area (Å²) in [6, 6.07) is 124. The summed E-state index contributed by atoms with van der Waals surface area (Å²) in [6.07, 6.45) is 0. The molecule has 3 nitrogen and oxygen atoms in total. The van der Waals surface area contributed by atoms with Gasteiger partial charge in [0.25, 0.3) is 0 Å². The van der Waals surface area contributed by atoms with Crippen molar-refractivity contribution in [1.82, 2.24) is 0 Å². The molecule has 0 fully saturated rings. The van der Waals surface area contributed by atoms with Crippen LogP contribution in [0, 0.1) is 0 Å². The van der Waals surface area contributed by atoms with Crippen molar-refractivity contribution < 1.29 is 0 Å². The average Bonchev–Trinajstić information content (AvgIpc) is 3.59. The fourth-order valence-electron chi connectivity index (χ4n) is 11.0. The molecular formula is C78H57N3. The second kappa shape index (κ2) is 23.1. The van der Waals surface area contributed by atoms with Gasteiger partial charge in [0.15, 0.2) is 0 Å². The van der Waals surface area contributed by atoms with Crippen molar-refractivity contribution in [1.29, 1.82) is 0 Å². The Hall–Kier alpha value is -10.7. The third kappa shape index (κ3) is 10.9. The zero-order valence-corrected chi connectivity index (χ0v) is 44.8. The molecule has 0 saturated carbocycles. The lowest BCUT2D eigenvalue weighted by Crippen LogP contribution is -2.09. The van der Waals surface area contributed by atoms with E-state index in [9.17, 15) is 0 Å². The number of hydrogen-bond donors (Lipinski definition) is 0. The van der Waals surface area contributed by atoms with Gasteiger partial charge in [-0.15, -0.1) is 0 Å². The van der Waals surface area contributed by atoms with Gasteiger partial charge in [-0.3, -0.25) is 0 Å². The van der Waals surface area contributed by atoms with Crippen LogP contribution in [0.15, 0.2) is 346 Å². The summed E-state index contributed by atoms with van der Waals surface area (Å²) in [5, 5.41) is 0. The third-order valence-corrected chi connectivity index (χ3v) is 15.0. The first kappa shape index (κ1) is 49.8. The van der Waals surface area contributed by atoms with E-state index >= 15 is 0 Å². The van der Waals surface area contributed by atoms with E-state index in [-0.39, 0.29) is 0 Å². The number of rotatable bonds is 15. The van der Waals surface area contributed by atoms with Crippen molar-refractivity contribution in [3.8, 4) is 66.8 Å². The molecule has 0 aromatic heterocycles. The monoisotopic (exact) mass is 1040 g/mol. The molecule has 0 atom stereocenters. The molecule has 0 radical (unpaired) electrons. The van der Waals surface area contributed by atoms with Gasteiger partial charge in [-0.05, 0) is 194 Å². The van der Waals surface area contributed by atoms with Crippen LogP contribution in [-0.4, -0.2) is 0 Å². The van der Waals surface area contributed by atoms with Gasteiger partial charge < -0.3 is 14.7 Å². The molecular weight excluding hydrogens is 979 g/mol. The molecule has 0 N–H and O–H groups in total. The van der Waals surface area contributed by atoms with Gasteiger partial charge in [-0.2, -0.15) is 0 Å². The topological polar surface area (TPSA) is 9.72 Å². The predicted octanol–water partition coefficient (Wildman–Crippen LogP) is 22.1. The molecule has 0 saturated heterocycles. The number of para-hydroxylation sites is 6. The molecule has 0 aliphatic heterocycles. The number of anilines is 9. The minimum atomic E-state index is 1.10. The lowest BCUT2D eigenvalue weighted by Gasteiger charge is -2.26. The summed E-state index contributed by atoms with van der Waals surface area (Å²) < 4.78 is 0. The van der Waals surface area contributed by atoms with Crippen molar-refractivity contribution >= 4 is 51.2 Å². The highest BCUT2D eigenvalue weighted by Gasteiger charge is 2.17. The summed E-state index contributed by atoms with van der Waals surface area (Å²) >= 11 is 0. The van der Waals surface area contributed by atoms with Gasteiger partial charge >= 0.3 is 0 Å². The van der Waals surface area contributed by atoms with Gasteiger partial charge in [-0.1, -0.05) is 218 Å². The van der Waals surface area contributed by atoms with Gasteiger partial charge in [0.05, 0.1) is 0 Å². The van der Waals surface area contributed by atoms with E-state index in [1.54, 1.807) is 0 Å². The second-order valence-corrected chi connectivity index (χ2v) is 20.2. The van der Waals surface area contributed by atoms with Crippen molar-refractivity contribution in [3.63, 3.8) is 0 Å². The SMILES string of the molecule is c1ccc(N(c2ccccc2)c2cccc(-c3ccc(-c4cc(-c5ccc(-c6cccc(N(c7ccccc7)c7ccccc7)c6)cc5)cc(-c5ccc(-c6cccc(N(c7ccccc7)c7ccccc7)c6)cc5)c4)cc3)c2)cc1. The Kier molecular flexibility index (Phi) is 14.2. The predicted molar refractivity (Wildman–Crippen MR) is 343 cm³/mol. The van der Waals surface area contributed by atoms with Crippen molar-refractivity contribution in [3.05, 3.63) is 346 Å². The highest BCUT2D eigenvalue weighted by Crippen LogP contribution is 2.42. The largest absolute Gasteiger partial charge is 0.310 e. The Balaban J connectivity index is 0.847. The average molecular weight is 1040 g/mol. The normalized spacial score (nSPS) is 11.0. The van der Waals surface area contributed by atoms with Crippen LogP contribution in [0.2, 0.25) is 0 Å². The molecule has 81 heavy (non-hydrogen) atoms. The van der Waals surface area contributed by atoms with E-state index in [0.717, 1.165) is 118 Å². The zero-order chi connectivity index (χ0) is 54.2. The fraction of sp³-hybridized carbons (Fsp3) is 0. The first-order valence-electron chi connectivity index (χ1n) is 27.6. The molecule has 3 heteroatoms. The highest BCUT2D eigenvalue weighted by atomic mass is 15.2. The number of hydrogen-bond acceptors (Lipinski definition) is 3. The Morgan fingerprint density at radius 1 is 0.111 bits per heavy atom. The molecule has 0 bridgehead atoms. The van der Waals surface area contributed by atoms with E-state index in [0.29, 0.717) is 0 Å². The minimum absolute atomic E-state index is 1.10. The minimum Gasteiger partial charge on any atom is -0.310 e. The van der Waals surface area contributed by atoms with E-state index in [1.807, 2.05) is 0 Å². The maximum Gasteiger partial charge on any atom is 0.0467 e. The van der Waals surface area contributed by atoms with E-state index in [1.165, 1.54) is 0 Å². The van der Waals surface area contributed by atoms with Crippen LogP contribution in [0.3, 0.4) is 0 Å². The quantitative estimate of drug-likeness (QED) is 0.101. The highest BCUT2D eigenvalue weighted by molar-refractivity contribution is 5.87. The number of benzene rings is 13. The molecule has 0 aliphatic carbocycles. The number of nitrogens with zero attached hydrogens (tertiary/aromatic N) is 3. The maximum atomic E-state index is 2.34. The molecule has 0 unspecified atom stereocenters. The van der Waals surface area contributed by atoms with Crippen molar-refractivity contribution in [2.75, 3.05) is 14.7 Å². The second-order valence-electron chi connectivity index (χ2n) is 20.2. The zero-order valence-electron chi connectivity index (χ0n) is 44.8. The Morgan fingerprint density at radius 3 is 0.481 bits per heavy atom. The summed E-state index contributed by atoms with van der Waals surface area (Å²) in [6.45, 7) is 0. The molecule has 0 spiro atoms. The van der Waals surface area contributed by atoms with Crippen LogP contribution in [0.5, 0.6) is 0 Å². The summed E-state index contributed by atoms with van der Waals surface area (Å²) in [4.78, 5) is 6.94. The van der Waals surface area contributed by atoms with Crippen LogP contribution in [0.1, 0.15) is 0 Å².